The van der Waals surface area contributed by atoms with Crippen molar-refractivity contribution in [2.45, 2.75) is 209 Å². The second-order valence-electron chi connectivity index (χ2n) is 27.5. The number of rotatable bonds is 13. The monoisotopic (exact) mass is 1430 g/mol. The van der Waals surface area contributed by atoms with Crippen molar-refractivity contribution in [2.75, 3.05) is 32.9 Å². The molecule has 5 aliphatic heterocycles. The summed E-state index contributed by atoms with van der Waals surface area (Å²) in [6.45, 7) is 20.1. The molecule has 4 saturated heterocycles. The molecule has 538 valence electrons. The number of esters is 3. The van der Waals surface area contributed by atoms with Crippen LogP contribution in [0.5, 0.6) is 0 Å². The van der Waals surface area contributed by atoms with Gasteiger partial charge in [0.2, 0.25) is 9.70 Å². The van der Waals surface area contributed by atoms with E-state index in [2.05, 4.69) is 32.1 Å². The summed E-state index contributed by atoms with van der Waals surface area (Å²) in [5.41, 5.74) is 6.74. The maximum absolute atomic E-state index is 14.0. The Labute approximate surface area is 592 Å². The van der Waals surface area contributed by atoms with Crippen molar-refractivity contribution in [1.82, 2.24) is 52.1 Å². The first-order valence-corrected chi connectivity index (χ1v) is 35.0. The average Bonchev–Trinajstić information content (AvgIpc) is 1.14. The number of halogens is 3. The van der Waals surface area contributed by atoms with E-state index in [1.54, 1.807) is 73.6 Å². The third kappa shape index (κ3) is 21.0. The fourth-order valence-electron chi connectivity index (χ4n) is 11.9. The zero-order valence-electron chi connectivity index (χ0n) is 58.0. The molecule has 0 saturated carbocycles. The Morgan fingerprint density at radius 1 is 0.758 bits per heavy atom. The van der Waals surface area contributed by atoms with E-state index in [0.717, 1.165) is 46.7 Å². The van der Waals surface area contributed by atoms with Gasteiger partial charge in [-0.2, -0.15) is 0 Å². The van der Waals surface area contributed by atoms with Gasteiger partial charge >= 0.3 is 24.0 Å². The summed E-state index contributed by atoms with van der Waals surface area (Å²) in [7, 11) is 0. The summed E-state index contributed by atoms with van der Waals surface area (Å²) in [6.07, 6.45) is 9.85. The third-order valence-corrected chi connectivity index (χ3v) is 17.7. The number of amides is 6. The van der Waals surface area contributed by atoms with Gasteiger partial charge in [0, 0.05) is 37.1 Å². The van der Waals surface area contributed by atoms with Crippen molar-refractivity contribution >= 4 is 122 Å². The fraction of sp³-hybridized carbons (Fsp3) is 0.563. The van der Waals surface area contributed by atoms with Gasteiger partial charge in [-0.15, -0.1) is 0 Å². The molecule has 6 N–H and O–H groups in total. The number of benzene rings is 2. The first-order valence-electron chi connectivity index (χ1n) is 33.9. The summed E-state index contributed by atoms with van der Waals surface area (Å²) in [5.74, 6) is -5.22. The number of nitrogens with zero attached hydrogens (tertiary/aromatic N) is 4. The first kappa shape index (κ1) is 77.2. The number of pyridine rings is 2. The van der Waals surface area contributed by atoms with Gasteiger partial charge in [0.05, 0.1) is 34.5 Å². The molecule has 7 heterocycles. The Morgan fingerprint density at radius 3 is 2.09 bits per heavy atom. The smallest absolute Gasteiger partial charge is 0.408 e. The van der Waals surface area contributed by atoms with Crippen molar-refractivity contribution in [3.05, 3.63) is 95.3 Å². The lowest BCUT2D eigenvalue weighted by Gasteiger charge is -2.36. The molecule has 2 unspecified atom stereocenters. The lowest BCUT2D eigenvalue weighted by Crippen LogP contribution is -2.61. The van der Waals surface area contributed by atoms with E-state index in [4.69, 9.17) is 73.2 Å². The zero-order valence-corrected chi connectivity index (χ0v) is 60.3. The Morgan fingerprint density at radius 2 is 1.42 bits per heavy atom. The van der Waals surface area contributed by atoms with Crippen LogP contribution in [0.1, 0.15) is 175 Å². The second kappa shape index (κ2) is 33.8. The fourth-order valence-corrected chi connectivity index (χ4v) is 12.0. The topological polar surface area (TPSA) is 313 Å². The Balaban J connectivity index is 0.000000260. The molecule has 1 spiro atoms. The highest BCUT2D eigenvalue weighted by atomic mass is 35.6. The van der Waals surface area contributed by atoms with Gasteiger partial charge in [0.1, 0.15) is 36.4 Å². The molecule has 5 bridgehead atoms. The van der Waals surface area contributed by atoms with Crippen LogP contribution in [0.2, 0.25) is 0 Å². The first-order chi connectivity index (χ1) is 46.7. The van der Waals surface area contributed by atoms with Gasteiger partial charge < -0.3 is 49.7 Å². The molecule has 99 heavy (non-hydrogen) atoms. The molecule has 10 atom stereocenters. The van der Waals surface area contributed by atoms with Gasteiger partial charge in [-0.25, -0.2) is 25.2 Å². The van der Waals surface area contributed by atoms with E-state index in [1.807, 2.05) is 80.6 Å². The molecular weight excluding hydrogens is 1340 g/mol. The SMILES string of the molecule is CC(C)[C@@H]1OC(=O)C2(/C=C/c3ccc4ccc(nc4c3)[C@@H](C)NC(=O)[C@@H]3CCCN(N3)C(=O)[C@H](C)NC1=O)CCCCO2.CC(C)[C@H](OC(=O)C1(/C=C/c2ccc3ccc([C@@H](C)NC(=O)OC(C)(C)C)nc3c2)CCCCO1)C(=O)N[C@@H](C)C(=O)N1CCC[C@@H](C(=O)OCC(Cl)(Cl)Cl)N1. The van der Waals surface area contributed by atoms with E-state index in [9.17, 15) is 43.2 Å². The van der Waals surface area contributed by atoms with Crippen molar-refractivity contribution in [3.63, 3.8) is 0 Å². The molecule has 6 amide bonds. The summed E-state index contributed by atoms with van der Waals surface area (Å²) >= 11 is 17.0. The van der Waals surface area contributed by atoms with E-state index < -0.39 is 117 Å². The van der Waals surface area contributed by atoms with Crippen LogP contribution in [0.15, 0.2) is 72.8 Å². The summed E-state index contributed by atoms with van der Waals surface area (Å²) in [4.78, 5) is 129. The molecule has 25 nitrogen and oxygen atoms in total. The van der Waals surface area contributed by atoms with Crippen LogP contribution in [-0.4, -0.2) is 163 Å². The van der Waals surface area contributed by atoms with Crippen molar-refractivity contribution in [1.29, 1.82) is 0 Å². The number of fused-ring (bicyclic) bond motifs is 5. The highest BCUT2D eigenvalue weighted by molar-refractivity contribution is 6.67. The normalized spacial score (nSPS) is 24.9. The number of cyclic esters (lactones) is 1. The van der Waals surface area contributed by atoms with Crippen molar-refractivity contribution in [2.24, 2.45) is 11.8 Å². The van der Waals surface area contributed by atoms with Crippen molar-refractivity contribution in [3.8, 4) is 0 Å². The number of hydrogen-bond acceptors (Lipinski definition) is 19. The molecule has 5 aliphatic rings. The summed E-state index contributed by atoms with van der Waals surface area (Å²) in [5, 5.41) is 15.7. The number of hydrazine groups is 2. The molecule has 0 aliphatic carbocycles. The number of hydrogen-bond donors (Lipinski definition) is 6. The summed E-state index contributed by atoms with van der Waals surface area (Å²) < 4.78 is 32.6. The number of nitrogens with one attached hydrogen (secondary N) is 6. The van der Waals surface area contributed by atoms with E-state index >= 15 is 0 Å². The van der Waals surface area contributed by atoms with Crippen LogP contribution in [-0.2, 0) is 66.8 Å². The molecule has 2 aromatic heterocycles. The number of ether oxygens (including phenoxy) is 6. The molecule has 28 heteroatoms. The van der Waals surface area contributed by atoms with Gasteiger partial charge in [0.15, 0.2) is 23.4 Å². The second-order valence-corrected chi connectivity index (χ2v) is 30.0. The van der Waals surface area contributed by atoms with Gasteiger partial charge in [-0.1, -0.05) is 111 Å². The highest BCUT2D eigenvalue weighted by Crippen LogP contribution is 2.34. The Bertz CT molecular complexity index is 3660. The number of alkyl carbamates (subject to hydrolysis) is 1. The lowest BCUT2D eigenvalue weighted by molar-refractivity contribution is -0.181. The molecule has 0 radical (unpaired) electrons. The third-order valence-electron chi connectivity index (χ3n) is 17.4. The van der Waals surface area contributed by atoms with Gasteiger partial charge in [-0.05, 0) is 172 Å². The van der Waals surface area contributed by atoms with Gasteiger partial charge in [-0.3, -0.25) is 48.8 Å². The molecule has 4 fully saturated rings. The minimum atomic E-state index is -1.78. The minimum Gasteiger partial charge on any atom is -0.460 e. The van der Waals surface area contributed by atoms with Crippen LogP contribution in [0, 0.1) is 11.8 Å². The largest absolute Gasteiger partial charge is 0.460 e. The Hall–Kier alpha value is -7.52. The lowest BCUT2D eigenvalue weighted by atomic mass is 9.92. The average molecular weight is 1430 g/mol. The molecular formula is C71H93Cl3N10O15. The van der Waals surface area contributed by atoms with E-state index in [0.29, 0.717) is 81.6 Å². The maximum atomic E-state index is 14.0. The Kier molecular flexibility index (Phi) is 26.3. The van der Waals surface area contributed by atoms with Gasteiger partial charge in [0.25, 0.3) is 23.6 Å². The molecule has 4 aromatic rings. The number of aromatic nitrogens is 2. The van der Waals surface area contributed by atoms with E-state index in [-0.39, 0.29) is 30.3 Å². The minimum absolute atomic E-state index is 0.240. The number of carbonyl (C=O) groups is 9. The number of carbonyl (C=O) groups excluding carboxylic acids is 9. The van der Waals surface area contributed by atoms with Crippen LogP contribution in [0.3, 0.4) is 0 Å². The predicted molar refractivity (Wildman–Crippen MR) is 373 cm³/mol. The van der Waals surface area contributed by atoms with Crippen molar-refractivity contribution < 1.29 is 71.6 Å². The summed E-state index contributed by atoms with van der Waals surface area (Å²) in [6, 6.07) is 14.9. The zero-order chi connectivity index (χ0) is 72.1. The van der Waals surface area contributed by atoms with E-state index in [1.165, 1.54) is 16.9 Å². The van der Waals surface area contributed by atoms with Crippen LogP contribution >= 0.6 is 34.8 Å². The number of alkyl halides is 3. The quantitative estimate of drug-likeness (QED) is 0.0413. The molecule has 2 aromatic carbocycles. The van der Waals surface area contributed by atoms with Crippen LogP contribution in [0.4, 0.5) is 4.79 Å². The molecule has 9 rings (SSSR count). The standard InChI is InChI=1S/C39H52Cl3N5O9.C32H41N5O6/c1-23(2)31(32(48)43-25(4)33(49)47-19-10-11-29(46-47)34(50)53-22-39(40,41)42)55-35(51)38(17-8-9-20-54-38)18-16-26-12-13-27-14-15-28(45-30(27)21-26)24(3)44-36(52)56-37(5,6)7;1-19(2)27-29(39)34-21(4)30(40)37-16-7-8-25(36-37)28(38)33-20(3)24-12-11-23-10-9-22(18-26(23)35-24)13-15-32(31(41)43-27)14-5-6-17-42-32/h12-16,18,21,23-25,29,31,46H,8-11,17,19-20,22H2,1-7H3,(H,43,48)(H,44,52);9-13,15,18-21,25,27,36H,5-8,14,16-17H2,1-4H3,(H,33,38)(H,34,39)/b18-16+;15-13+/t24-,25+,29+,31+,38?;20-,21+,25+,27+,32?/m11/s1. The van der Waals surface area contributed by atoms with Crippen LogP contribution in [0.25, 0.3) is 34.0 Å². The van der Waals surface area contributed by atoms with Crippen LogP contribution < -0.4 is 32.1 Å². The predicted octanol–water partition coefficient (Wildman–Crippen LogP) is 9.20. The highest BCUT2D eigenvalue weighted by Gasteiger charge is 2.46. The maximum Gasteiger partial charge on any atom is 0.408 e.